The van der Waals surface area contributed by atoms with Crippen LogP contribution in [-0.2, 0) is 4.74 Å². The number of benzene rings is 1. The molecule has 3 atom stereocenters. The van der Waals surface area contributed by atoms with E-state index in [0.717, 1.165) is 72.1 Å². The van der Waals surface area contributed by atoms with Crippen LogP contribution >= 0.6 is 11.8 Å². The fraction of sp³-hybridized carbons (Fsp3) is 0.500. The zero-order valence-electron chi connectivity index (χ0n) is 18.9. The lowest BCUT2D eigenvalue weighted by atomic mass is 9.93. The number of amidine groups is 1. The fourth-order valence-corrected chi connectivity index (χ4v) is 6.21. The van der Waals surface area contributed by atoms with Gasteiger partial charge in [0.2, 0.25) is 0 Å². The normalized spacial score (nSPS) is 25.0. The molecule has 170 valence electrons. The summed E-state index contributed by atoms with van der Waals surface area (Å²) in [6, 6.07) is 10.7. The van der Waals surface area contributed by atoms with Gasteiger partial charge in [-0.05, 0) is 24.6 Å². The number of fused-ring (bicyclic) bond motifs is 1. The summed E-state index contributed by atoms with van der Waals surface area (Å²) in [5.74, 6) is 2.78. The van der Waals surface area contributed by atoms with E-state index >= 15 is 0 Å². The minimum Gasteiger partial charge on any atom is -0.496 e. The van der Waals surface area contributed by atoms with Gasteiger partial charge < -0.3 is 24.0 Å². The summed E-state index contributed by atoms with van der Waals surface area (Å²) < 4.78 is 17.4. The molecule has 0 N–H and O–H groups in total. The number of hydrogen-bond donors (Lipinski definition) is 0. The first-order valence-corrected chi connectivity index (χ1v) is 12.2. The topological polar surface area (TPSA) is 59.4 Å². The van der Waals surface area contributed by atoms with Gasteiger partial charge in [0.15, 0.2) is 5.17 Å². The third kappa shape index (κ3) is 3.69. The standard InChI is InChI=1S/C24H30N4O3S/c1-4-16-15-32-24-26-22(18-7-5-6-8-25-18)23(28(16)24)17-13-21(30-3)19(14-20(17)29-2)27-9-11-31-12-10-27/h5-8,13-14,16,22-23H,4,9-12,15H2,1-3H3/t16-,22+,23+/m1/s1. The Morgan fingerprint density at radius 3 is 2.62 bits per heavy atom. The van der Waals surface area contributed by atoms with Crippen molar-refractivity contribution < 1.29 is 14.2 Å². The van der Waals surface area contributed by atoms with Crippen molar-refractivity contribution in [2.24, 2.45) is 4.99 Å². The predicted molar refractivity (Wildman–Crippen MR) is 128 cm³/mol. The van der Waals surface area contributed by atoms with Crippen LogP contribution in [0.25, 0.3) is 0 Å². The molecule has 0 unspecified atom stereocenters. The van der Waals surface area contributed by atoms with Gasteiger partial charge in [0.1, 0.15) is 17.5 Å². The Morgan fingerprint density at radius 1 is 1.12 bits per heavy atom. The molecular formula is C24H30N4O3S. The first-order chi connectivity index (χ1) is 15.7. The van der Waals surface area contributed by atoms with Crippen molar-refractivity contribution in [3.05, 3.63) is 47.8 Å². The Hall–Kier alpha value is -2.45. The molecule has 0 bridgehead atoms. The number of thioether (sulfide) groups is 1. The number of methoxy groups -OCH3 is 2. The molecule has 0 aliphatic carbocycles. The number of aliphatic imine (C=N–C) groups is 1. The van der Waals surface area contributed by atoms with Crippen LogP contribution in [0, 0.1) is 0 Å². The van der Waals surface area contributed by atoms with Gasteiger partial charge >= 0.3 is 0 Å². The average Bonchev–Trinajstić information content (AvgIpc) is 3.43. The molecule has 1 aromatic heterocycles. The molecule has 32 heavy (non-hydrogen) atoms. The van der Waals surface area contributed by atoms with E-state index in [0.29, 0.717) is 6.04 Å². The molecule has 5 rings (SSSR count). The van der Waals surface area contributed by atoms with Gasteiger partial charge in [-0.15, -0.1) is 0 Å². The van der Waals surface area contributed by atoms with E-state index in [1.54, 1.807) is 14.2 Å². The largest absolute Gasteiger partial charge is 0.496 e. The summed E-state index contributed by atoms with van der Waals surface area (Å²) in [7, 11) is 3.49. The number of anilines is 1. The first kappa shape index (κ1) is 21.4. The van der Waals surface area contributed by atoms with Crippen molar-refractivity contribution >= 4 is 22.6 Å². The van der Waals surface area contributed by atoms with Crippen LogP contribution in [0.15, 0.2) is 41.5 Å². The van der Waals surface area contributed by atoms with Crippen LogP contribution < -0.4 is 14.4 Å². The molecule has 2 fully saturated rings. The van der Waals surface area contributed by atoms with Gasteiger partial charge in [0.25, 0.3) is 0 Å². The summed E-state index contributed by atoms with van der Waals surface area (Å²) >= 11 is 1.85. The maximum atomic E-state index is 5.97. The van der Waals surface area contributed by atoms with E-state index in [4.69, 9.17) is 19.2 Å². The smallest absolute Gasteiger partial charge is 0.160 e. The highest BCUT2D eigenvalue weighted by Gasteiger charge is 2.46. The van der Waals surface area contributed by atoms with E-state index in [2.05, 4.69) is 39.9 Å². The molecule has 2 aromatic rings. The quantitative estimate of drug-likeness (QED) is 0.656. The number of pyridine rings is 1. The van der Waals surface area contributed by atoms with E-state index < -0.39 is 0 Å². The molecule has 0 saturated carbocycles. The van der Waals surface area contributed by atoms with Gasteiger partial charge in [-0.1, -0.05) is 24.8 Å². The molecule has 2 saturated heterocycles. The number of rotatable bonds is 6. The van der Waals surface area contributed by atoms with Crippen LogP contribution in [0.5, 0.6) is 11.5 Å². The fourth-order valence-electron chi connectivity index (χ4n) is 4.87. The maximum Gasteiger partial charge on any atom is 0.160 e. The van der Waals surface area contributed by atoms with E-state index in [9.17, 15) is 0 Å². The van der Waals surface area contributed by atoms with E-state index in [-0.39, 0.29) is 12.1 Å². The number of aromatic nitrogens is 1. The lowest BCUT2D eigenvalue weighted by Gasteiger charge is -2.34. The minimum absolute atomic E-state index is 0.0161. The molecule has 0 spiro atoms. The van der Waals surface area contributed by atoms with Crippen LogP contribution in [0.4, 0.5) is 5.69 Å². The van der Waals surface area contributed by atoms with Crippen LogP contribution in [0.1, 0.15) is 36.7 Å². The van der Waals surface area contributed by atoms with Crippen molar-refractivity contribution in [1.82, 2.24) is 9.88 Å². The molecule has 0 amide bonds. The van der Waals surface area contributed by atoms with Gasteiger partial charge in [-0.2, -0.15) is 0 Å². The third-order valence-corrected chi connectivity index (χ3v) is 7.66. The van der Waals surface area contributed by atoms with E-state index in [1.807, 2.05) is 30.1 Å². The molecule has 3 aliphatic rings. The lowest BCUT2D eigenvalue weighted by molar-refractivity contribution is 0.122. The molecule has 3 aliphatic heterocycles. The zero-order valence-corrected chi connectivity index (χ0v) is 19.7. The van der Waals surface area contributed by atoms with Gasteiger partial charge in [0, 0.05) is 42.7 Å². The van der Waals surface area contributed by atoms with Gasteiger partial charge in [-0.25, -0.2) is 0 Å². The van der Waals surface area contributed by atoms with Crippen molar-refractivity contribution in [3.8, 4) is 11.5 Å². The Morgan fingerprint density at radius 2 is 1.94 bits per heavy atom. The van der Waals surface area contributed by atoms with Crippen LogP contribution in [0.2, 0.25) is 0 Å². The maximum absolute atomic E-state index is 5.97. The van der Waals surface area contributed by atoms with Crippen molar-refractivity contribution in [3.63, 3.8) is 0 Å². The second-order valence-corrected chi connectivity index (χ2v) is 9.19. The highest BCUT2D eigenvalue weighted by atomic mass is 32.2. The van der Waals surface area contributed by atoms with E-state index in [1.165, 1.54) is 0 Å². The number of nitrogens with zero attached hydrogens (tertiary/aromatic N) is 4. The summed E-state index contributed by atoms with van der Waals surface area (Å²) in [6.07, 6.45) is 2.92. The molecule has 8 heteroatoms. The second kappa shape index (κ2) is 9.19. The SMILES string of the molecule is CC[C@@H]1CSC2=N[C@@H](c3ccccn3)[C@H](c3cc(OC)c(N4CCOCC4)cc3OC)N21. The predicted octanol–water partition coefficient (Wildman–Crippen LogP) is 3.91. The minimum atomic E-state index is -0.0825. The van der Waals surface area contributed by atoms with Crippen molar-refractivity contribution in [2.75, 3.05) is 51.2 Å². The number of hydrogen-bond acceptors (Lipinski definition) is 8. The Labute approximate surface area is 193 Å². The Bertz CT molecular complexity index is 981. The number of morpholine rings is 1. The highest BCUT2D eigenvalue weighted by Crippen LogP contribution is 2.52. The highest BCUT2D eigenvalue weighted by molar-refractivity contribution is 8.14. The summed E-state index contributed by atoms with van der Waals surface area (Å²) in [5, 5.41) is 1.11. The molecule has 0 radical (unpaired) electrons. The summed E-state index contributed by atoms with van der Waals surface area (Å²) in [5.41, 5.74) is 3.12. The second-order valence-electron chi connectivity index (χ2n) is 8.20. The Balaban J connectivity index is 1.61. The van der Waals surface area contributed by atoms with Crippen LogP contribution in [-0.4, -0.2) is 67.4 Å². The molecule has 1 aromatic carbocycles. The Kier molecular flexibility index (Phi) is 6.15. The van der Waals surface area contributed by atoms with Crippen molar-refractivity contribution in [1.29, 1.82) is 0 Å². The lowest BCUT2D eigenvalue weighted by Crippen LogP contribution is -2.37. The third-order valence-electron chi connectivity index (χ3n) is 6.53. The average molecular weight is 455 g/mol. The monoisotopic (exact) mass is 454 g/mol. The van der Waals surface area contributed by atoms with Crippen LogP contribution in [0.3, 0.4) is 0 Å². The van der Waals surface area contributed by atoms with Gasteiger partial charge in [0.05, 0.1) is 44.9 Å². The zero-order chi connectivity index (χ0) is 22.1. The van der Waals surface area contributed by atoms with Crippen molar-refractivity contribution in [2.45, 2.75) is 31.5 Å². The molecule has 4 heterocycles. The summed E-state index contributed by atoms with van der Waals surface area (Å²) in [4.78, 5) is 14.6. The number of ether oxygens (including phenoxy) is 3. The van der Waals surface area contributed by atoms with Gasteiger partial charge in [-0.3, -0.25) is 9.98 Å². The molecule has 7 nitrogen and oxygen atoms in total. The molecular weight excluding hydrogens is 424 g/mol. The summed E-state index contributed by atoms with van der Waals surface area (Å²) in [6.45, 7) is 5.37. The first-order valence-electron chi connectivity index (χ1n) is 11.2.